The molecule has 0 aliphatic carbocycles. The summed E-state index contributed by atoms with van der Waals surface area (Å²) < 4.78 is 0. The number of aromatic nitrogens is 2. The molecule has 2 aromatic carbocycles. The predicted octanol–water partition coefficient (Wildman–Crippen LogP) is 3.97. The van der Waals surface area contributed by atoms with E-state index in [4.69, 9.17) is 11.6 Å². The molecule has 0 atom stereocenters. The summed E-state index contributed by atoms with van der Waals surface area (Å²) in [6.07, 6.45) is 1.11. The van der Waals surface area contributed by atoms with E-state index in [1.807, 2.05) is 36.4 Å². The highest BCUT2D eigenvalue weighted by molar-refractivity contribution is 6.19. The number of carbonyl (C=O) groups is 1. The van der Waals surface area contributed by atoms with Gasteiger partial charge in [0.2, 0.25) is 0 Å². The second-order valence-corrected chi connectivity index (χ2v) is 5.32. The summed E-state index contributed by atoms with van der Waals surface area (Å²) in [5.74, 6) is 1.31. The third kappa shape index (κ3) is 3.14. The highest BCUT2D eigenvalue weighted by atomic mass is 35.5. The third-order valence-electron chi connectivity index (χ3n) is 3.39. The summed E-state index contributed by atoms with van der Waals surface area (Å²) in [5.41, 5.74) is 3.65. The van der Waals surface area contributed by atoms with Gasteiger partial charge in [-0.05, 0) is 23.8 Å². The minimum atomic E-state index is 0.0612. The number of ketones is 1. The van der Waals surface area contributed by atoms with E-state index in [9.17, 15) is 4.79 Å². The third-order valence-corrected chi connectivity index (χ3v) is 3.58. The molecule has 4 heteroatoms. The van der Waals surface area contributed by atoms with E-state index in [0.717, 1.165) is 23.3 Å². The molecular weight excluding hydrogens is 284 g/mol. The highest BCUT2D eigenvalue weighted by Gasteiger charge is 2.09. The van der Waals surface area contributed by atoms with Crippen LogP contribution in [0.5, 0.6) is 0 Å². The molecule has 0 unspecified atom stereocenters. The monoisotopic (exact) mass is 298 g/mol. The van der Waals surface area contributed by atoms with Gasteiger partial charge in [0.15, 0.2) is 5.78 Å². The molecule has 0 amide bonds. The summed E-state index contributed by atoms with van der Waals surface area (Å²) in [6.45, 7) is 0. The topological polar surface area (TPSA) is 45.8 Å². The fourth-order valence-electron chi connectivity index (χ4n) is 2.34. The van der Waals surface area contributed by atoms with Crippen molar-refractivity contribution in [2.45, 2.75) is 12.8 Å². The Labute approximate surface area is 128 Å². The van der Waals surface area contributed by atoms with Gasteiger partial charge >= 0.3 is 0 Å². The van der Waals surface area contributed by atoms with Gasteiger partial charge in [0.25, 0.3) is 0 Å². The molecule has 3 rings (SSSR count). The van der Waals surface area contributed by atoms with Gasteiger partial charge in [-0.2, -0.15) is 0 Å². The van der Waals surface area contributed by atoms with E-state index in [0.29, 0.717) is 17.9 Å². The van der Waals surface area contributed by atoms with Crippen molar-refractivity contribution < 1.29 is 4.79 Å². The zero-order valence-corrected chi connectivity index (χ0v) is 12.2. The number of aromatic amines is 1. The molecule has 0 aliphatic rings. The van der Waals surface area contributed by atoms with Gasteiger partial charge in [0.05, 0.1) is 11.0 Å². The average molecular weight is 299 g/mol. The maximum absolute atomic E-state index is 11.9. The van der Waals surface area contributed by atoms with Crippen LogP contribution in [0.2, 0.25) is 0 Å². The van der Waals surface area contributed by atoms with Crippen LogP contribution in [0.1, 0.15) is 28.2 Å². The summed E-state index contributed by atoms with van der Waals surface area (Å²) >= 11 is 5.62. The summed E-state index contributed by atoms with van der Waals surface area (Å²) in [5, 5.41) is 0. The van der Waals surface area contributed by atoms with E-state index in [1.165, 1.54) is 5.56 Å². The number of fused-ring (bicyclic) bond motifs is 1. The van der Waals surface area contributed by atoms with Crippen molar-refractivity contribution in [1.82, 2.24) is 9.97 Å². The summed E-state index contributed by atoms with van der Waals surface area (Å²) in [4.78, 5) is 19.7. The molecule has 1 N–H and O–H groups in total. The lowest BCUT2D eigenvalue weighted by Gasteiger charge is -1.98. The van der Waals surface area contributed by atoms with E-state index >= 15 is 0 Å². The van der Waals surface area contributed by atoms with Gasteiger partial charge in [-0.15, -0.1) is 11.6 Å². The van der Waals surface area contributed by atoms with E-state index in [2.05, 4.69) is 22.1 Å². The van der Waals surface area contributed by atoms with Crippen molar-refractivity contribution in [2.24, 2.45) is 0 Å². The molecule has 21 heavy (non-hydrogen) atoms. The van der Waals surface area contributed by atoms with Crippen LogP contribution in [-0.2, 0) is 6.42 Å². The van der Waals surface area contributed by atoms with Gasteiger partial charge in [0, 0.05) is 24.3 Å². The number of nitrogens with zero attached hydrogens (tertiary/aromatic N) is 1. The van der Waals surface area contributed by atoms with Crippen LogP contribution in [0.3, 0.4) is 0 Å². The quantitative estimate of drug-likeness (QED) is 0.572. The van der Waals surface area contributed by atoms with Crippen LogP contribution in [0.15, 0.2) is 48.5 Å². The van der Waals surface area contributed by atoms with Crippen LogP contribution in [0, 0.1) is 0 Å². The van der Waals surface area contributed by atoms with Crippen LogP contribution in [-0.4, -0.2) is 21.6 Å². The first-order valence-corrected chi connectivity index (χ1v) is 7.41. The second kappa shape index (κ2) is 6.10. The number of carbonyl (C=O) groups excluding carboxylic acids is 1. The van der Waals surface area contributed by atoms with Gasteiger partial charge in [-0.1, -0.05) is 30.3 Å². The van der Waals surface area contributed by atoms with Gasteiger partial charge in [-0.3, -0.25) is 4.79 Å². The smallest absolute Gasteiger partial charge is 0.164 e. The maximum Gasteiger partial charge on any atom is 0.164 e. The minimum Gasteiger partial charge on any atom is -0.342 e. The molecular formula is C17H15ClN2O. The van der Waals surface area contributed by atoms with Crippen molar-refractivity contribution in [3.8, 4) is 0 Å². The van der Waals surface area contributed by atoms with Crippen LogP contribution < -0.4 is 0 Å². The number of alkyl halides is 1. The molecule has 1 aromatic heterocycles. The number of Topliss-reactive ketones (excluding diaryl/α,β-unsaturated/α-hetero) is 1. The number of rotatable bonds is 5. The number of halogens is 1. The Kier molecular flexibility index (Phi) is 4.02. The van der Waals surface area contributed by atoms with Crippen molar-refractivity contribution in [2.75, 3.05) is 5.88 Å². The minimum absolute atomic E-state index is 0.0612. The largest absolute Gasteiger partial charge is 0.342 e. The van der Waals surface area contributed by atoms with Gasteiger partial charge < -0.3 is 4.98 Å². The lowest BCUT2D eigenvalue weighted by molar-refractivity contribution is 0.0989. The number of hydrogen-bond acceptors (Lipinski definition) is 2. The number of imidazole rings is 1. The number of benzene rings is 2. The Hall–Kier alpha value is -2.13. The molecule has 0 radical (unpaired) electrons. The Morgan fingerprint density at radius 2 is 1.95 bits per heavy atom. The fraction of sp³-hybridized carbons (Fsp3) is 0.176. The number of H-pyrrole nitrogens is 1. The van der Waals surface area contributed by atoms with Crippen LogP contribution in [0.4, 0.5) is 0 Å². The molecule has 0 bridgehead atoms. The Morgan fingerprint density at radius 1 is 1.14 bits per heavy atom. The predicted molar refractivity (Wildman–Crippen MR) is 85.0 cm³/mol. The number of nitrogens with one attached hydrogen (secondary N) is 1. The number of hydrogen-bond donors (Lipinski definition) is 1. The zero-order valence-electron chi connectivity index (χ0n) is 11.5. The van der Waals surface area contributed by atoms with Crippen LogP contribution >= 0.6 is 11.6 Å². The van der Waals surface area contributed by atoms with Crippen LogP contribution in [0.25, 0.3) is 11.0 Å². The first-order valence-electron chi connectivity index (χ1n) is 6.88. The Balaban J connectivity index is 1.88. The molecule has 0 spiro atoms. The SMILES string of the molecule is O=C(CCCl)c1ccc2nc(Cc3ccccc3)[nH]c2c1. The van der Waals surface area contributed by atoms with Crippen molar-refractivity contribution in [3.05, 3.63) is 65.5 Å². The molecule has 0 fully saturated rings. The van der Waals surface area contributed by atoms with Crippen molar-refractivity contribution in [1.29, 1.82) is 0 Å². The fourth-order valence-corrected chi connectivity index (χ4v) is 2.51. The molecule has 1 heterocycles. The van der Waals surface area contributed by atoms with E-state index < -0.39 is 0 Å². The molecule has 0 saturated carbocycles. The van der Waals surface area contributed by atoms with E-state index in [-0.39, 0.29) is 5.78 Å². The Bertz CT molecular complexity index is 765. The lowest BCUT2D eigenvalue weighted by atomic mass is 10.1. The van der Waals surface area contributed by atoms with E-state index in [1.54, 1.807) is 0 Å². The first-order chi connectivity index (χ1) is 10.3. The summed E-state index contributed by atoms with van der Waals surface area (Å²) in [7, 11) is 0. The average Bonchev–Trinajstić information content (AvgIpc) is 2.89. The maximum atomic E-state index is 11.9. The van der Waals surface area contributed by atoms with Gasteiger partial charge in [0.1, 0.15) is 5.82 Å². The molecule has 106 valence electrons. The molecule has 0 saturated heterocycles. The second-order valence-electron chi connectivity index (χ2n) is 4.94. The molecule has 0 aliphatic heterocycles. The normalized spacial score (nSPS) is 10.9. The lowest BCUT2D eigenvalue weighted by Crippen LogP contribution is -1.99. The summed E-state index contributed by atoms with van der Waals surface area (Å²) in [6, 6.07) is 15.7. The molecule has 3 aromatic rings. The highest BCUT2D eigenvalue weighted by Crippen LogP contribution is 2.17. The Morgan fingerprint density at radius 3 is 2.71 bits per heavy atom. The van der Waals surface area contributed by atoms with Crippen molar-refractivity contribution >= 4 is 28.4 Å². The van der Waals surface area contributed by atoms with Crippen molar-refractivity contribution in [3.63, 3.8) is 0 Å². The van der Waals surface area contributed by atoms with Gasteiger partial charge in [-0.25, -0.2) is 4.98 Å². The zero-order chi connectivity index (χ0) is 14.7. The molecule has 3 nitrogen and oxygen atoms in total. The standard InChI is InChI=1S/C17H15ClN2O/c18-9-8-16(21)13-6-7-14-15(11-13)20-17(19-14)10-12-4-2-1-3-5-12/h1-7,11H,8-10H2,(H,19,20). The first kappa shape index (κ1) is 13.8.